The molecular weight excluding hydrogens is 329 g/mol. The van der Waals surface area contributed by atoms with E-state index in [1.807, 2.05) is 0 Å². The topological polar surface area (TPSA) is 86.7 Å². The third kappa shape index (κ3) is 5.68. The molecule has 0 aromatic rings. The number of hydrogen-bond acceptors (Lipinski definition) is 3. The molecule has 2 N–H and O–H groups in total. The highest BCUT2D eigenvalue weighted by molar-refractivity contribution is 5.90. The molecule has 1 aliphatic heterocycles. The van der Waals surface area contributed by atoms with Gasteiger partial charge in [-0.2, -0.15) is 13.2 Å². The maximum atomic E-state index is 12.7. The average Bonchev–Trinajstić information content (AvgIpc) is 2.48. The highest BCUT2D eigenvalue weighted by atomic mass is 19.4. The number of amides is 2. The summed E-state index contributed by atoms with van der Waals surface area (Å²) < 4.78 is 37.4. The number of alkyl halides is 3. The fourth-order valence-corrected chi connectivity index (χ4v) is 2.80. The Hall–Kier alpha value is -1.80. The number of piperidine rings is 1. The van der Waals surface area contributed by atoms with Crippen molar-refractivity contribution in [3.8, 4) is 0 Å². The molecular formula is C15H23F3N2O4. The van der Waals surface area contributed by atoms with E-state index in [4.69, 9.17) is 5.11 Å². The molecule has 138 valence electrons. The molecule has 1 heterocycles. The van der Waals surface area contributed by atoms with E-state index in [-0.39, 0.29) is 18.9 Å². The van der Waals surface area contributed by atoms with Gasteiger partial charge in [-0.3, -0.25) is 14.4 Å². The normalized spacial score (nSPS) is 19.9. The fourth-order valence-electron chi connectivity index (χ4n) is 2.80. The fraction of sp³-hybridized carbons (Fsp3) is 0.800. The number of aliphatic carboxylic acids is 1. The maximum Gasteiger partial charge on any atom is 0.471 e. The Morgan fingerprint density at radius 3 is 2.38 bits per heavy atom. The Morgan fingerprint density at radius 1 is 1.25 bits per heavy atom. The van der Waals surface area contributed by atoms with E-state index in [2.05, 4.69) is 0 Å². The molecule has 6 nitrogen and oxygen atoms in total. The van der Waals surface area contributed by atoms with E-state index in [1.165, 1.54) is 4.90 Å². The van der Waals surface area contributed by atoms with Gasteiger partial charge in [0.15, 0.2) is 0 Å². The van der Waals surface area contributed by atoms with Gasteiger partial charge in [-0.1, -0.05) is 13.8 Å². The molecule has 0 aromatic heterocycles. The van der Waals surface area contributed by atoms with Crippen molar-refractivity contribution in [1.29, 1.82) is 0 Å². The van der Waals surface area contributed by atoms with Crippen LogP contribution in [0.15, 0.2) is 0 Å². The molecule has 0 aromatic carbocycles. The highest BCUT2D eigenvalue weighted by Crippen LogP contribution is 2.24. The number of carbonyl (C=O) groups is 3. The molecule has 1 fully saturated rings. The van der Waals surface area contributed by atoms with Gasteiger partial charge >= 0.3 is 18.1 Å². The molecule has 1 saturated heterocycles. The van der Waals surface area contributed by atoms with E-state index in [0.717, 1.165) is 6.42 Å². The SMILES string of the molecule is CC(C)[C@H](NC(=O)C(F)(F)F)C(=O)N1CCCCC1CCC(=O)O. The Kier molecular flexibility index (Phi) is 7.04. The van der Waals surface area contributed by atoms with Gasteiger partial charge < -0.3 is 15.3 Å². The molecule has 0 bridgehead atoms. The third-order valence-corrected chi connectivity index (χ3v) is 4.08. The summed E-state index contributed by atoms with van der Waals surface area (Å²) in [6.07, 6.45) is -2.79. The number of halogens is 3. The van der Waals surface area contributed by atoms with Crippen molar-refractivity contribution in [2.24, 2.45) is 5.92 Å². The average molecular weight is 352 g/mol. The van der Waals surface area contributed by atoms with E-state index >= 15 is 0 Å². The lowest BCUT2D eigenvalue weighted by atomic mass is 9.94. The van der Waals surface area contributed by atoms with Gasteiger partial charge in [0.25, 0.3) is 0 Å². The quantitative estimate of drug-likeness (QED) is 0.765. The summed E-state index contributed by atoms with van der Waals surface area (Å²) in [5, 5.41) is 10.6. The van der Waals surface area contributed by atoms with Crippen molar-refractivity contribution in [2.75, 3.05) is 6.54 Å². The predicted molar refractivity (Wildman–Crippen MR) is 79.0 cm³/mol. The number of carbonyl (C=O) groups excluding carboxylic acids is 2. The van der Waals surface area contributed by atoms with Crippen LogP contribution in [0.5, 0.6) is 0 Å². The largest absolute Gasteiger partial charge is 0.481 e. The van der Waals surface area contributed by atoms with Crippen molar-refractivity contribution >= 4 is 17.8 Å². The minimum Gasteiger partial charge on any atom is -0.481 e. The van der Waals surface area contributed by atoms with E-state index < -0.39 is 35.9 Å². The minimum absolute atomic E-state index is 0.115. The van der Waals surface area contributed by atoms with Gasteiger partial charge in [-0.05, 0) is 31.6 Å². The zero-order valence-electron chi connectivity index (χ0n) is 13.7. The molecule has 1 rings (SSSR count). The van der Waals surface area contributed by atoms with Gasteiger partial charge in [-0.15, -0.1) is 0 Å². The zero-order chi connectivity index (χ0) is 18.5. The standard InChI is InChI=1S/C15H23F3N2O4/c1-9(2)12(19-14(24)15(16,17)18)13(23)20-8-4-3-5-10(20)6-7-11(21)22/h9-10,12H,3-8H2,1-2H3,(H,19,24)(H,21,22)/t10?,12-/m0/s1. The number of likely N-dealkylation sites (tertiary alicyclic amines) is 1. The molecule has 0 aliphatic carbocycles. The van der Waals surface area contributed by atoms with Crippen molar-refractivity contribution in [1.82, 2.24) is 10.2 Å². The van der Waals surface area contributed by atoms with Crippen LogP contribution < -0.4 is 5.32 Å². The minimum atomic E-state index is -5.06. The molecule has 0 saturated carbocycles. The molecule has 2 atom stereocenters. The third-order valence-electron chi connectivity index (χ3n) is 4.08. The van der Waals surface area contributed by atoms with Crippen LogP contribution in [0.3, 0.4) is 0 Å². The number of hydrogen-bond donors (Lipinski definition) is 2. The van der Waals surface area contributed by atoms with Crippen LogP contribution in [-0.2, 0) is 14.4 Å². The zero-order valence-corrected chi connectivity index (χ0v) is 13.7. The summed E-state index contributed by atoms with van der Waals surface area (Å²) in [7, 11) is 0. The van der Waals surface area contributed by atoms with Gasteiger partial charge in [0.1, 0.15) is 6.04 Å². The summed E-state index contributed by atoms with van der Waals surface area (Å²) >= 11 is 0. The molecule has 0 radical (unpaired) electrons. The summed E-state index contributed by atoms with van der Waals surface area (Å²) in [5.74, 6) is -4.24. The van der Waals surface area contributed by atoms with Gasteiger partial charge in [0.05, 0.1) is 0 Å². The molecule has 9 heteroatoms. The molecule has 1 unspecified atom stereocenters. The first-order valence-corrected chi connectivity index (χ1v) is 7.94. The smallest absolute Gasteiger partial charge is 0.471 e. The predicted octanol–water partition coefficient (Wildman–Crippen LogP) is 1.94. The van der Waals surface area contributed by atoms with Crippen LogP contribution in [0.1, 0.15) is 46.0 Å². The van der Waals surface area contributed by atoms with Crippen LogP contribution in [0.25, 0.3) is 0 Å². The van der Waals surface area contributed by atoms with E-state index in [0.29, 0.717) is 19.4 Å². The molecule has 0 spiro atoms. The van der Waals surface area contributed by atoms with Crippen molar-refractivity contribution in [3.63, 3.8) is 0 Å². The highest BCUT2D eigenvalue weighted by Gasteiger charge is 2.42. The number of carboxylic acid groups (broad SMARTS) is 1. The molecule has 2 amide bonds. The monoisotopic (exact) mass is 352 g/mol. The van der Waals surface area contributed by atoms with Crippen molar-refractivity contribution in [2.45, 2.75) is 64.2 Å². The van der Waals surface area contributed by atoms with E-state index in [9.17, 15) is 27.6 Å². The Balaban J connectivity index is 2.86. The number of nitrogens with one attached hydrogen (secondary N) is 1. The van der Waals surface area contributed by atoms with Crippen molar-refractivity contribution < 1.29 is 32.7 Å². The van der Waals surface area contributed by atoms with Gasteiger partial charge in [0, 0.05) is 19.0 Å². The van der Waals surface area contributed by atoms with Crippen LogP contribution in [0.2, 0.25) is 0 Å². The summed E-state index contributed by atoms with van der Waals surface area (Å²) in [5.41, 5.74) is 0. The van der Waals surface area contributed by atoms with E-state index in [1.54, 1.807) is 19.2 Å². The number of nitrogens with zero attached hydrogens (tertiary/aromatic N) is 1. The lowest BCUT2D eigenvalue weighted by Crippen LogP contribution is -2.57. The number of rotatable bonds is 6. The lowest BCUT2D eigenvalue weighted by molar-refractivity contribution is -0.175. The van der Waals surface area contributed by atoms with Crippen LogP contribution in [-0.4, -0.2) is 52.6 Å². The molecule has 24 heavy (non-hydrogen) atoms. The number of carboxylic acids is 1. The van der Waals surface area contributed by atoms with Gasteiger partial charge in [0.2, 0.25) is 5.91 Å². The van der Waals surface area contributed by atoms with Crippen molar-refractivity contribution in [3.05, 3.63) is 0 Å². The first-order valence-electron chi connectivity index (χ1n) is 7.94. The first kappa shape index (κ1) is 20.2. The summed E-state index contributed by atoms with van der Waals surface area (Å²) in [6.45, 7) is 3.46. The second-order valence-electron chi connectivity index (χ2n) is 6.31. The Labute approximate surface area is 138 Å². The summed E-state index contributed by atoms with van der Waals surface area (Å²) in [6, 6.07) is -1.61. The first-order chi connectivity index (χ1) is 11.0. The lowest BCUT2D eigenvalue weighted by Gasteiger charge is -2.38. The maximum absolute atomic E-state index is 12.7. The van der Waals surface area contributed by atoms with Crippen LogP contribution >= 0.6 is 0 Å². The summed E-state index contributed by atoms with van der Waals surface area (Å²) in [4.78, 5) is 36.0. The molecule has 1 aliphatic rings. The van der Waals surface area contributed by atoms with Gasteiger partial charge in [-0.25, -0.2) is 0 Å². The second-order valence-corrected chi connectivity index (χ2v) is 6.31. The Bertz CT molecular complexity index is 480. The Morgan fingerprint density at radius 2 is 1.88 bits per heavy atom. The second kappa shape index (κ2) is 8.34. The van der Waals surface area contributed by atoms with Crippen LogP contribution in [0, 0.1) is 5.92 Å². The van der Waals surface area contributed by atoms with Crippen LogP contribution in [0.4, 0.5) is 13.2 Å².